The van der Waals surface area contributed by atoms with E-state index in [1.807, 2.05) is 0 Å². The number of nitrogens with one attached hydrogen (secondary N) is 1. The molecule has 1 aliphatic rings. The van der Waals surface area contributed by atoms with Crippen molar-refractivity contribution < 1.29 is 19.8 Å². The Hall–Kier alpha value is -1.10. The predicted octanol–water partition coefficient (Wildman–Crippen LogP) is -1.04. The van der Waals surface area contributed by atoms with Crippen LogP contribution in [0, 0.1) is 5.92 Å². The summed E-state index contributed by atoms with van der Waals surface area (Å²) < 4.78 is 0. The van der Waals surface area contributed by atoms with Gasteiger partial charge in [0.25, 0.3) is 0 Å². The van der Waals surface area contributed by atoms with E-state index >= 15 is 0 Å². The fourth-order valence-electron chi connectivity index (χ4n) is 0.821. The summed E-state index contributed by atoms with van der Waals surface area (Å²) in [5.41, 5.74) is 0. The number of carboxylic acids is 1. The third kappa shape index (κ3) is 2.20. The lowest BCUT2D eigenvalue weighted by Crippen LogP contribution is -2.43. The molecular formula is C7H11NO4. The summed E-state index contributed by atoms with van der Waals surface area (Å²) >= 11 is 0. The first kappa shape index (κ1) is 8.99. The summed E-state index contributed by atoms with van der Waals surface area (Å²) in [7, 11) is 0. The van der Waals surface area contributed by atoms with Crippen LogP contribution in [0.4, 0.5) is 0 Å². The molecule has 1 fully saturated rings. The highest BCUT2D eigenvalue weighted by molar-refractivity contribution is 5.86. The third-order valence-electron chi connectivity index (χ3n) is 1.75. The van der Waals surface area contributed by atoms with Gasteiger partial charge < -0.3 is 15.5 Å². The Bertz CT molecular complexity index is 200. The van der Waals surface area contributed by atoms with E-state index in [1.54, 1.807) is 0 Å². The zero-order valence-corrected chi connectivity index (χ0v) is 6.49. The summed E-state index contributed by atoms with van der Waals surface area (Å²) in [6, 6.07) is -1.15. The molecule has 0 aromatic rings. The maximum atomic E-state index is 11.0. The highest BCUT2D eigenvalue weighted by Gasteiger charge is 2.32. The van der Waals surface area contributed by atoms with E-state index in [-0.39, 0.29) is 11.8 Å². The Balaban J connectivity index is 2.35. The molecule has 1 aliphatic carbocycles. The highest BCUT2D eigenvalue weighted by atomic mass is 16.4. The molecule has 0 saturated heterocycles. The van der Waals surface area contributed by atoms with Gasteiger partial charge >= 0.3 is 5.97 Å². The number of carbonyl (C=O) groups is 2. The zero-order chi connectivity index (χ0) is 9.14. The van der Waals surface area contributed by atoms with Gasteiger partial charge in [-0.2, -0.15) is 0 Å². The van der Waals surface area contributed by atoms with Crippen LogP contribution in [0.15, 0.2) is 0 Å². The highest BCUT2D eigenvalue weighted by Crippen LogP contribution is 2.28. The van der Waals surface area contributed by atoms with Crippen LogP contribution in [0.25, 0.3) is 0 Å². The van der Waals surface area contributed by atoms with Crippen molar-refractivity contribution in [3.63, 3.8) is 0 Å². The molecule has 68 valence electrons. The van der Waals surface area contributed by atoms with Crippen LogP contribution in [0.2, 0.25) is 0 Å². The molecule has 12 heavy (non-hydrogen) atoms. The molecule has 0 aromatic carbocycles. The normalized spacial score (nSPS) is 18.4. The van der Waals surface area contributed by atoms with Crippen molar-refractivity contribution in [1.82, 2.24) is 5.32 Å². The van der Waals surface area contributed by atoms with Crippen molar-refractivity contribution in [1.29, 1.82) is 0 Å². The number of carboxylic acid groups (broad SMARTS) is 1. The van der Waals surface area contributed by atoms with Crippen LogP contribution in [0.3, 0.4) is 0 Å². The van der Waals surface area contributed by atoms with Gasteiger partial charge in [0.1, 0.15) is 6.04 Å². The number of rotatable bonds is 4. The van der Waals surface area contributed by atoms with Crippen molar-refractivity contribution >= 4 is 11.9 Å². The molecule has 3 N–H and O–H groups in total. The SMILES string of the molecule is O=C(N[C@@H](CO)C(=O)O)C1CC1. The second kappa shape index (κ2) is 3.53. The monoisotopic (exact) mass is 173 g/mol. The summed E-state index contributed by atoms with van der Waals surface area (Å²) in [5, 5.41) is 19.2. The van der Waals surface area contributed by atoms with Gasteiger partial charge in [-0.25, -0.2) is 4.79 Å². The molecule has 5 heteroatoms. The number of aliphatic hydroxyl groups excluding tert-OH is 1. The van der Waals surface area contributed by atoms with Crippen molar-refractivity contribution in [2.75, 3.05) is 6.61 Å². The van der Waals surface area contributed by atoms with Crippen molar-refractivity contribution in [2.24, 2.45) is 5.92 Å². The first-order valence-electron chi connectivity index (χ1n) is 3.79. The molecule has 1 amide bonds. The van der Waals surface area contributed by atoms with Gasteiger partial charge in [0.05, 0.1) is 6.61 Å². The van der Waals surface area contributed by atoms with Crippen molar-refractivity contribution in [3.8, 4) is 0 Å². The summed E-state index contributed by atoms with van der Waals surface area (Å²) in [4.78, 5) is 21.3. The lowest BCUT2D eigenvalue weighted by Gasteiger charge is -2.10. The topological polar surface area (TPSA) is 86.6 Å². The minimum atomic E-state index is -1.20. The van der Waals surface area contributed by atoms with Crippen LogP contribution >= 0.6 is 0 Å². The Morgan fingerprint density at radius 2 is 2.08 bits per heavy atom. The van der Waals surface area contributed by atoms with Gasteiger partial charge in [-0.3, -0.25) is 4.79 Å². The molecule has 0 aromatic heterocycles. The average Bonchev–Trinajstić information content (AvgIpc) is 2.80. The summed E-state index contributed by atoms with van der Waals surface area (Å²) in [6.07, 6.45) is 1.65. The number of aliphatic hydroxyl groups is 1. The van der Waals surface area contributed by atoms with Gasteiger partial charge in [-0.05, 0) is 12.8 Å². The molecule has 0 unspecified atom stereocenters. The maximum absolute atomic E-state index is 11.0. The second-order valence-corrected chi connectivity index (χ2v) is 2.86. The van der Waals surface area contributed by atoms with Crippen LogP contribution in [-0.4, -0.2) is 34.7 Å². The van der Waals surface area contributed by atoms with Crippen LogP contribution < -0.4 is 5.32 Å². The van der Waals surface area contributed by atoms with E-state index in [2.05, 4.69) is 5.32 Å². The van der Waals surface area contributed by atoms with E-state index in [0.717, 1.165) is 12.8 Å². The van der Waals surface area contributed by atoms with E-state index in [0.29, 0.717) is 0 Å². The Labute approximate surface area is 69.4 Å². The number of carbonyl (C=O) groups excluding carboxylic acids is 1. The van der Waals surface area contributed by atoms with E-state index in [4.69, 9.17) is 10.2 Å². The molecule has 0 heterocycles. The molecule has 1 saturated carbocycles. The molecule has 1 rings (SSSR count). The van der Waals surface area contributed by atoms with Gasteiger partial charge in [0.2, 0.25) is 5.91 Å². The molecule has 5 nitrogen and oxygen atoms in total. The molecular weight excluding hydrogens is 162 g/mol. The fraction of sp³-hybridized carbons (Fsp3) is 0.714. The predicted molar refractivity (Wildman–Crippen MR) is 39.4 cm³/mol. The van der Waals surface area contributed by atoms with E-state index < -0.39 is 18.6 Å². The summed E-state index contributed by atoms with van der Waals surface area (Å²) in [6.45, 7) is -0.562. The first-order valence-corrected chi connectivity index (χ1v) is 3.79. The van der Waals surface area contributed by atoms with Gasteiger partial charge in [0, 0.05) is 5.92 Å². The molecule has 0 spiro atoms. The lowest BCUT2D eigenvalue weighted by atomic mass is 10.3. The zero-order valence-electron chi connectivity index (χ0n) is 6.49. The Morgan fingerprint density at radius 1 is 1.50 bits per heavy atom. The van der Waals surface area contributed by atoms with Crippen molar-refractivity contribution in [2.45, 2.75) is 18.9 Å². The Morgan fingerprint density at radius 3 is 2.42 bits per heavy atom. The van der Waals surface area contributed by atoms with Gasteiger partial charge in [-0.15, -0.1) is 0 Å². The van der Waals surface area contributed by atoms with E-state index in [1.165, 1.54) is 0 Å². The Kier molecular flexibility index (Phi) is 2.65. The molecule has 0 aliphatic heterocycles. The first-order chi connectivity index (χ1) is 5.65. The number of hydrogen-bond donors (Lipinski definition) is 3. The smallest absolute Gasteiger partial charge is 0.328 e. The molecule has 0 bridgehead atoms. The van der Waals surface area contributed by atoms with Crippen LogP contribution in [0.5, 0.6) is 0 Å². The second-order valence-electron chi connectivity index (χ2n) is 2.86. The van der Waals surface area contributed by atoms with Crippen LogP contribution in [-0.2, 0) is 9.59 Å². The largest absolute Gasteiger partial charge is 0.480 e. The van der Waals surface area contributed by atoms with Gasteiger partial charge in [-0.1, -0.05) is 0 Å². The quantitative estimate of drug-likeness (QED) is 0.506. The third-order valence-corrected chi connectivity index (χ3v) is 1.75. The standard InChI is InChI=1S/C7H11NO4/c9-3-5(7(11)12)8-6(10)4-1-2-4/h4-5,9H,1-3H2,(H,8,10)(H,11,12)/t5-/m0/s1. The maximum Gasteiger partial charge on any atom is 0.328 e. The molecule has 1 atom stereocenters. The van der Waals surface area contributed by atoms with Gasteiger partial charge in [0.15, 0.2) is 0 Å². The van der Waals surface area contributed by atoms with Crippen molar-refractivity contribution in [3.05, 3.63) is 0 Å². The average molecular weight is 173 g/mol. The lowest BCUT2D eigenvalue weighted by molar-refractivity contribution is -0.143. The minimum Gasteiger partial charge on any atom is -0.480 e. The number of hydrogen-bond acceptors (Lipinski definition) is 3. The van der Waals surface area contributed by atoms with E-state index in [9.17, 15) is 9.59 Å². The number of aliphatic carboxylic acids is 1. The molecule has 0 radical (unpaired) electrons. The minimum absolute atomic E-state index is 0.0293. The fourth-order valence-corrected chi connectivity index (χ4v) is 0.821. The summed E-state index contributed by atoms with van der Waals surface area (Å²) in [5.74, 6) is -1.50. The van der Waals surface area contributed by atoms with Crippen LogP contribution in [0.1, 0.15) is 12.8 Å². The number of amides is 1.